The highest BCUT2D eigenvalue weighted by atomic mass is 16.3. The molecule has 0 aliphatic carbocycles. The molecule has 0 fully saturated rings. The van der Waals surface area contributed by atoms with Crippen LogP contribution in [0.3, 0.4) is 0 Å². The Balaban J connectivity index is 3.08. The summed E-state index contributed by atoms with van der Waals surface area (Å²) >= 11 is 0. The number of rotatable bonds is 4. The summed E-state index contributed by atoms with van der Waals surface area (Å²) in [5.74, 6) is 1.59. The van der Waals surface area contributed by atoms with Gasteiger partial charge >= 0.3 is 0 Å². The molecule has 0 radical (unpaired) electrons. The molecule has 0 unspecified atom stereocenters. The van der Waals surface area contributed by atoms with Crippen LogP contribution < -0.4 is 4.90 Å². The summed E-state index contributed by atoms with van der Waals surface area (Å²) in [5, 5.41) is 9.14. The minimum absolute atomic E-state index is 0.00782. The minimum Gasteiger partial charge on any atom is -0.391 e. The predicted molar refractivity (Wildman–Crippen MR) is 56.3 cm³/mol. The standard InChI is InChI=1S/C10H17N3O/c1-4-13(5-2)10-9(7-14)6-11-8(3)12-10/h6,14H,4-5,7H2,1-3H3. The monoisotopic (exact) mass is 195 g/mol. The van der Waals surface area contributed by atoms with Crippen LogP contribution in [0.5, 0.6) is 0 Å². The van der Waals surface area contributed by atoms with Gasteiger partial charge in [0.2, 0.25) is 0 Å². The molecule has 14 heavy (non-hydrogen) atoms. The molecule has 1 aromatic heterocycles. The van der Waals surface area contributed by atoms with E-state index in [2.05, 4.69) is 28.7 Å². The van der Waals surface area contributed by atoms with Crippen LogP contribution in [0.15, 0.2) is 6.20 Å². The van der Waals surface area contributed by atoms with Crippen molar-refractivity contribution in [2.45, 2.75) is 27.4 Å². The summed E-state index contributed by atoms with van der Waals surface area (Å²) in [6.45, 7) is 7.77. The first kappa shape index (κ1) is 10.9. The van der Waals surface area contributed by atoms with Crippen molar-refractivity contribution in [1.29, 1.82) is 0 Å². The normalized spacial score (nSPS) is 10.3. The molecule has 4 nitrogen and oxygen atoms in total. The van der Waals surface area contributed by atoms with Gasteiger partial charge in [-0.3, -0.25) is 0 Å². The van der Waals surface area contributed by atoms with Crippen LogP contribution in [-0.2, 0) is 6.61 Å². The topological polar surface area (TPSA) is 49.2 Å². The highest BCUT2D eigenvalue weighted by Crippen LogP contribution is 2.16. The molecule has 78 valence electrons. The summed E-state index contributed by atoms with van der Waals surface area (Å²) in [4.78, 5) is 10.5. The van der Waals surface area contributed by atoms with E-state index in [0.29, 0.717) is 0 Å². The Hall–Kier alpha value is -1.16. The van der Waals surface area contributed by atoms with E-state index in [1.54, 1.807) is 6.20 Å². The number of nitrogens with zero attached hydrogens (tertiary/aromatic N) is 3. The fourth-order valence-electron chi connectivity index (χ4n) is 1.39. The van der Waals surface area contributed by atoms with Crippen LogP contribution in [0.1, 0.15) is 25.2 Å². The lowest BCUT2D eigenvalue weighted by Gasteiger charge is -2.22. The van der Waals surface area contributed by atoms with Gasteiger partial charge < -0.3 is 10.0 Å². The van der Waals surface area contributed by atoms with Gasteiger partial charge in [0.25, 0.3) is 0 Å². The van der Waals surface area contributed by atoms with Crippen molar-refractivity contribution in [1.82, 2.24) is 9.97 Å². The SMILES string of the molecule is CCN(CC)c1nc(C)ncc1CO. The molecule has 0 amide bonds. The molecular weight excluding hydrogens is 178 g/mol. The molecule has 0 atom stereocenters. The maximum Gasteiger partial charge on any atom is 0.137 e. The number of anilines is 1. The Kier molecular flexibility index (Phi) is 3.83. The fourth-order valence-corrected chi connectivity index (χ4v) is 1.39. The number of hydrogen-bond donors (Lipinski definition) is 1. The lowest BCUT2D eigenvalue weighted by Crippen LogP contribution is -2.25. The van der Waals surface area contributed by atoms with Gasteiger partial charge in [-0.15, -0.1) is 0 Å². The average Bonchev–Trinajstić information content (AvgIpc) is 2.20. The van der Waals surface area contributed by atoms with Crippen molar-refractivity contribution in [3.05, 3.63) is 17.6 Å². The van der Waals surface area contributed by atoms with Crippen molar-refractivity contribution in [2.24, 2.45) is 0 Å². The van der Waals surface area contributed by atoms with E-state index in [4.69, 9.17) is 5.11 Å². The number of aliphatic hydroxyl groups excluding tert-OH is 1. The first-order valence-electron chi connectivity index (χ1n) is 4.91. The first-order chi connectivity index (χ1) is 6.72. The van der Waals surface area contributed by atoms with E-state index in [9.17, 15) is 0 Å². The number of hydrogen-bond acceptors (Lipinski definition) is 4. The van der Waals surface area contributed by atoms with Crippen LogP contribution >= 0.6 is 0 Å². The second-order valence-electron chi connectivity index (χ2n) is 3.10. The molecule has 1 heterocycles. The Morgan fingerprint density at radius 2 is 2.00 bits per heavy atom. The summed E-state index contributed by atoms with van der Waals surface area (Å²) in [7, 11) is 0. The molecule has 0 aliphatic rings. The van der Waals surface area contributed by atoms with E-state index in [-0.39, 0.29) is 6.61 Å². The van der Waals surface area contributed by atoms with Crippen LogP contribution in [0.4, 0.5) is 5.82 Å². The molecule has 1 aromatic rings. The molecule has 0 bridgehead atoms. The zero-order chi connectivity index (χ0) is 10.6. The number of aliphatic hydroxyl groups is 1. The average molecular weight is 195 g/mol. The van der Waals surface area contributed by atoms with E-state index in [1.807, 2.05) is 6.92 Å². The van der Waals surface area contributed by atoms with Gasteiger partial charge in [0.15, 0.2) is 0 Å². The Morgan fingerprint density at radius 1 is 1.36 bits per heavy atom. The Bertz CT molecular complexity index is 297. The predicted octanol–water partition coefficient (Wildman–Crippen LogP) is 1.12. The van der Waals surface area contributed by atoms with Crippen molar-refractivity contribution < 1.29 is 5.11 Å². The molecule has 0 aromatic carbocycles. The Morgan fingerprint density at radius 3 is 2.50 bits per heavy atom. The smallest absolute Gasteiger partial charge is 0.137 e. The number of aromatic nitrogens is 2. The van der Waals surface area contributed by atoms with Crippen LogP contribution in [0, 0.1) is 6.92 Å². The lowest BCUT2D eigenvalue weighted by atomic mass is 10.3. The van der Waals surface area contributed by atoms with Gasteiger partial charge in [-0.05, 0) is 20.8 Å². The molecule has 0 saturated carbocycles. The van der Waals surface area contributed by atoms with Gasteiger partial charge in [0.1, 0.15) is 11.6 Å². The first-order valence-corrected chi connectivity index (χ1v) is 4.91. The van der Waals surface area contributed by atoms with Crippen molar-refractivity contribution in [2.75, 3.05) is 18.0 Å². The fraction of sp³-hybridized carbons (Fsp3) is 0.600. The van der Waals surface area contributed by atoms with E-state index in [1.165, 1.54) is 0 Å². The lowest BCUT2D eigenvalue weighted by molar-refractivity contribution is 0.281. The summed E-state index contributed by atoms with van der Waals surface area (Å²) in [6.07, 6.45) is 1.69. The molecule has 1 rings (SSSR count). The van der Waals surface area contributed by atoms with Gasteiger partial charge in [0.05, 0.1) is 6.61 Å². The summed E-state index contributed by atoms with van der Waals surface area (Å²) in [6, 6.07) is 0. The van der Waals surface area contributed by atoms with Gasteiger partial charge in [-0.25, -0.2) is 9.97 Å². The molecular formula is C10H17N3O. The second kappa shape index (κ2) is 4.91. The third-order valence-electron chi connectivity index (χ3n) is 2.20. The summed E-state index contributed by atoms with van der Waals surface area (Å²) in [5.41, 5.74) is 0.791. The maximum atomic E-state index is 9.14. The molecule has 1 N–H and O–H groups in total. The van der Waals surface area contributed by atoms with Crippen molar-refractivity contribution in [3.63, 3.8) is 0 Å². The molecule has 0 aliphatic heterocycles. The largest absolute Gasteiger partial charge is 0.391 e. The van der Waals surface area contributed by atoms with Gasteiger partial charge in [0, 0.05) is 24.8 Å². The maximum absolute atomic E-state index is 9.14. The third-order valence-corrected chi connectivity index (χ3v) is 2.20. The summed E-state index contributed by atoms with van der Waals surface area (Å²) < 4.78 is 0. The quantitative estimate of drug-likeness (QED) is 0.782. The highest BCUT2D eigenvalue weighted by molar-refractivity contribution is 5.45. The van der Waals surface area contributed by atoms with Crippen LogP contribution in [0.2, 0.25) is 0 Å². The second-order valence-corrected chi connectivity index (χ2v) is 3.10. The van der Waals surface area contributed by atoms with E-state index in [0.717, 1.165) is 30.3 Å². The van der Waals surface area contributed by atoms with Gasteiger partial charge in [-0.2, -0.15) is 0 Å². The molecule has 0 saturated heterocycles. The van der Waals surface area contributed by atoms with Gasteiger partial charge in [-0.1, -0.05) is 0 Å². The van der Waals surface area contributed by atoms with Crippen LogP contribution in [-0.4, -0.2) is 28.2 Å². The zero-order valence-corrected chi connectivity index (χ0v) is 8.99. The van der Waals surface area contributed by atoms with Crippen LogP contribution in [0.25, 0.3) is 0 Å². The minimum atomic E-state index is -0.00782. The number of aryl methyl sites for hydroxylation is 1. The van der Waals surface area contributed by atoms with Crippen molar-refractivity contribution >= 4 is 5.82 Å². The van der Waals surface area contributed by atoms with Crippen molar-refractivity contribution in [3.8, 4) is 0 Å². The Labute approximate surface area is 84.6 Å². The molecule has 0 spiro atoms. The van der Waals surface area contributed by atoms with E-state index < -0.39 is 0 Å². The highest BCUT2D eigenvalue weighted by Gasteiger charge is 2.09. The zero-order valence-electron chi connectivity index (χ0n) is 8.99. The van der Waals surface area contributed by atoms with E-state index >= 15 is 0 Å². The third kappa shape index (κ3) is 2.20. The molecule has 4 heteroatoms.